The lowest BCUT2D eigenvalue weighted by molar-refractivity contribution is -0.123. The Morgan fingerprint density at radius 1 is 1.50 bits per heavy atom. The largest absolute Gasteiger partial charge is 0.368 e. The summed E-state index contributed by atoms with van der Waals surface area (Å²) in [6, 6.07) is 7.92. The zero-order chi connectivity index (χ0) is 13.2. The van der Waals surface area contributed by atoms with Crippen LogP contribution in [0.2, 0.25) is 0 Å². The smallest absolute Gasteiger partial charge is 0.237 e. The van der Waals surface area contributed by atoms with Crippen LogP contribution in [0.3, 0.4) is 0 Å². The minimum atomic E-state index is -0.689. The Kier molecular flexibility index (Phi) is 3.34. The number of hydrogen-bond donors (Lipinski definition) is 2. The lowest BCUT2D eigenvalue weighted by Gasteiger charge is -2.25. The first kappa shape index (κ1) is 12.6. The molecule has 1 unspecified atom stereocenters. The third kappa shape index (κ3) is 2.22. The molecule has 0 aliphatic carbocycles. The average molecular weight is 246 g/mol. The molecule has 0 aliphatic rings. The molecule has 18 heavy (non-hydrogen) atoms. The van der Waals surface area contributed by atoms with Crippen LogP contribution < -0.4 is 11.1 Å². The van der Waals surface area contributed by atoms with E-state index in [0.717, 1.165) is 11.0 Å². The molecule has 0 spiro atoms. The number of para-hydroxylation sites is 2. The minimum absolute atomic E-state index is 0.338. The number of aromatic nitrogens is 2. The Hall–Kier alpha value is -1.88. The zero-order valence-corrected chi connectivity index (χ0v) is 10.7. The van der Waals surface area contributed by atoms with E-state index in [-0.39, 0.29) is 5.91 Å². The van der Waals surface area contributed by atoms with Crippen LogP contribution in [0.25, 0.3) is 11.0 Å². The van der Waals surface area contributed by atoms with Crippen molar-refractivity contribution in [1.29, 1.82) is 0 Å². The van der Waals surface area contributed by atoms with Gasteiger partial charge in [0.1, 0.15) is 0 Å². The molecule has 0 fully saturated rings. The maximum Gasteiger partial charge on any atom is 0.237 e. The van der Waals surface area contributed by atoms with Crippen LogP contribution in [0.15, 0.2) is 30.6 Å². The molecule has 1 atom stereocenters. The van der Waals surface area contributed by atoms with Crippen molar-refractivity contribution in [3.63, 3.8) is 0 Å². The molecule has 0 saturated carbocycles. The Balaban J connectivity index is 2.17. The fourth-order valence-electron chi connectivity index (χ4n) is 1.90. The average Bonchev–Trinajstić information content (AvgIpc) is 2.79. The molecule has 5 nitrogen and oxygen atoms in total. The summed E-state index contributed by atoms with van der Waals surface area (Å²) >= 11 is 0. The van der Waals surface area contributed by atoms with Crippen molar-refractivity contribution in [1.82, 2.24) is 14.9 Å². The van der Waals surface area contributed by atoms with Crippen molar-refractivity contribution in [2.45, 2.75) is 25.4 Å². The molecule has 5 heteroatoms. The second-order valence-corrected chi connectivity index (χ2v) is 4.62. The van der Waals surface area contributed by atoms with E-state index in [2.05, 4.69) is 10.3 Å². The number of nitrogens with zero attached hydrogens (tertiary/aromatic N) is 2. The zero-order valence-electron chi connectivity index (χ0n) is 10.7. The van der Waals surface area contributed by atoms with Crippen molar-refractivity contribution in [2.24, 2.45) is 5.73 Å². The number of primary amides is 1. The van der Waals surface area contributed by atoms with Crippen molar-refractivity contribution < 1.29 is 4.79 Å². The standard InChI is InChI=1S/C13H18N4O/c1-13(15-2,12(14)18)7-8-17-9-16-10-5-3-4-6-11(10)17/h3-6,9,15H,7-8H2,1-2H3,(H2,14,18). The van der Waals surface area contributed by atoms with Crippen molar-refractivity contribution in [3.05, 3.63) is 30.6 Å². The number of carbonyl (C=O) groups excluding carboxylic acids is 1. The number of imidazole rings is 1. The molecular weight excluding hydrogens is 228 g/mol. The van der Waals surface area contributed by atoms with Crippen LogP contribution in [0.1, 0.15) is 13.3 Å². The van der Waals surface area contributed by atoms with Gasteiger partial charge in [0.25, 0.3) is 0 Å². The summed E-state index contributed by atoms with van der Waals surface area (Å²) in [5, 5.41) is 2.98. The van der Waals surface area contributed by atoms with E-state index >= 15 is 0 Å². The molecule has 1 aromatic carbocycles. The highest BCUT2D eigenvalue weighted by Crippen LogP contribution is 2.15. The number of fused-ring (bicyclic) bond motifs is 1. The van der Waals surface area contributed by atoms with Crippen molar-refractivity contribution in [2.75, 3.05) is 7.05 Å². The number of rotatable bonds is 5. The van der Waals surface area contributed by atoms with Gasteiger partial charge in [-0.15, -0.1) is 0 Å². The molecule has 2 aromatic rings. The first-order chi connectivity index (χ1) is 8.57. The molecule has 1 amide bonds. The van der Waals surface area contributed by atoms with Gasteiger partial charge in [0.15, 0.2) is 0 Å². The predicted molar refractivity (Wildman–Crippen MR) is 71.0 cm³/mol. The van der Waals surface area contributed by atoms with Gasteiger partial charge in [0.05, 0.1) is 22.9 Å². The summed E-state index contributed by atoms with van der Waals surface area (Å²) in [5.41, 5.74) is 6.75. The van der Waals surface area contributed by atoms with Crippen LogP contribution >= 0.6 is 0 Å². The lowest BCUT2D eigenvalue weighted by atomic mass is 9.97. The van der Waals surface area contributed by atoms with Gasteiger partial charge < -0.3 is 15.6 Å². The Bertz CT molecular complexity index is 563. The Labute approximate surface area is 106 Å². The molecule has 1 aromatic heterocycles. The molecule has 0 radical (unpaired) electrons. The monoisotopic (exact) mass is 246 g/mol. The van der Waals surface area contributed by atoms with Gasteiger partial charge in [-0.3, -0.25) is 4.79 Å². The van der Waals surface area contributed by atoms with Gasteiger partial charge >= 0.3 is 0 Å². The van der Waals surface area contributed by atoms with E-state index in [4.69, 9.17) is 5.73 Å². The number of amides is 1. The SMILES string of the molecule is CNC(C)(CCn1cnc2ccccc21)C(N)=O. The lowest BCUT2D eigenvalue weighted by Crippen LogP contribution is -2.52. The maximum atomic E-state index is 11.4. The first-order valence-electron chi connectivity index (χ1n) is 5.95. The van der Waals surface area contributed by atoms with Crippen LogP contribution in [0.4, 0.5) is 0 Å². The van der Waals surface area contributed by atoms with E-state index < -0.39 is 5.54 Å². The highest BCUT2D eigenvalue weighted by atomic mass is 16.1. The van der Waals surface area contributed by atoms with Gasteiger partial charge in [-0.05, 0) is 32.5 Å². The van der Waals surface area contributed by atoms with E-state index in [1.165, 1.54) is 0 Å². The van der Waals surface area contributed by atoms with E-state index in [1.807, 2.05) is 35.8 Å². The third-order valence-corrected chi connectivity index (χ3v) is 3.48. The van der Waals surface area contributed by atoms with Gasteiger partial charge in [-0.2, -0.15) is 0 Å². The Morgan fingerprint density at radius 3 is 2.89 bits per heavy atom. The van der Waals surface area contributed by atoms with Crippen molar-refractivity contribution >= 4 is 16.9 Å². The number of carbonyl (C=O) groups is 1. The van der Waals surface area contributed by atoms with Gasteiger partial charge in [0, 0.05) is 6.54 Å². The predicted octanol–water partition coefficient (Wildman–Crippen LogP) is 0.890. The second-order valence-electron chi connectivity index (χ2n) is 4.62. The third-order valence-electron chi connectivity index (χ3n) is 3.48. The summed E-state index contributed by atoms with van der Waals surface area (Å²) in [7, 11) is 1.75. The van der Waals surface area contributed by atoms with Crippen LogP contribution in [0, 0.1) is 0 Å². The van der Waals surface area contributed by atoms with Gasteiger partial charge in [-0.25, -0.2) is 4.98 Å². The van der Waals surface area contributed by atoms with E-state index in [0.29, 0.717) is 13.0 Å². The van der Waals surface area contributed by atoms with Gasteiger partial charge in [0.2, 0.25) is 5.91 Å². The summed E-state index contributed by atoms with van der Waals surface area (Å²) in [4.78, 5) is 15.7. The number of benzene rings is 1. The fraction of sp³-hybridized carbons (Fsp3) is 0.385. The minimum Gasteiger partial charge on any atom is -0.368 e. The molecule has 3 N–H and O–H groups in total. The van der Waals surface area contributed by atoms with Crippen molar-refractivity contribution in [3.8, 4) is 0 Å². The summed E-state index contributed by atoms with van der Waals surface area (Å²) in [6.45, 7) is 2.51. The number of aryl methyl sites for hydroxylation is 1. The first-order valence-corrected chi connectivity index (χ1v) is 5.95. The number of likely N-dealkylation sites (N-methyl/N-ethyl adjacent to an activating group) is 1. The number of hydrogen-bond acceptors (Lipinski definition) is 3. The van der Waals surface area contributed by atoms with Crippen LogP contribution in [-0.2, 0) is 11.3 Å². The van der Waals surface area contributed by atoms with E-state index in [9.17, 15) is 4.79 Å². The molecular formula is C13H18N4O. The molecule has 0 saturated heterocycles. The summed E-state index contributed by atoms with van der Waals surface area (Å²) in [5.74, 6) is -0.338. The fourth-order valence-corrected chi connectivity index (χ4v) is 1.90. The highest BCUT2D eigenvalue weighted by Gasteiger charge is 2.28. The number of nitrogens with one attached hydrogen (secondary N) is 1. The summed E-state index contributed by atoms with van der Waals surface area (Å²) < 4.78 is 2.04. The van der Waals surface area contributed by atoms with Crippen LogP contribution in [-0.4, -0.2) is 28.0 Å². The van der Waals surface area contributed by atoms with Crippen LogP contribution in [0.5, 0.6) is 0 Å². The quantitative estimate of drug-likeness (QED) is 0.823. The Morgan fingerprint density at radius 2 is 2.22 bits per heavy atom. The van der Waals surface area contributed by atoms with Gasteiger partial charge in [-0.1, -0.05) is 12.1 Å². The normalized spacial score (nSPS) is 14.6. The topological polar surface area (TPSA) is 72.9 Å². The number of nitrogens with two attached hydrogens (primary N) is 1. The van der Waals surface area contributed by atoms with E-state index in [1.54, 1.807) is 13.4 Å². The second kappa shape index (κ2) is 4.78. The molecule has 0 bridgehead atoms. The molecule has 0 aliphatic heterocycles. The summed E-state index contributed by atoms with van der Waals surface area (Å²) in [6.07, 6.45) is 2.42. The highest BCUT2D eigenvalue weighted by molar-refractivity contribution is 5.84. The molecule has 2 rings (SSSR count). The molecule has 96 valence electrons. The maximum absolute atomic E-state index is 11.4. The molecule has 1 heterocycles.